The van der Waals surface area contributed by atoms with E-state index >= 15 is 0 Å². The van der Waals surface area contributed by atoms with E-state index in [1.807, 2.05) is 52.9 Å². The molecule has 0 atom stereocenters. The molecule has 0 saturated carbocycles. The van der Waals surface area contributed by atoms with Crippen molar-refractivity contribution in [3.05, 3.63) is 94.5 Å². The Morgan fingerprint density at radius 3 is 2.44 bits per heavy atom. The summed E-state index contributed by atoms with van der Waals surface area (Å²) in [7, 11) is 0. The van der Waals surface area contributed by atoms with E-state index in [0.29, 0.717) is 16.6 Å². The van der Waals surface area contributed by atoms with Gasteiger partial charge in [0.2, 0.25) is 0 Å². The first-order valence-electron chi connectivity index (χ1n) is 8.73. The average Bonchev–Trinajstić information content (AvgIpc) is 2.70. The summed E-state index contributed by atoms with van der Waals surface area (Å²) >= 11 is 0. The van der Waals surface area contributed by atoms with E-state index in [2.05, 4.69) is 11.1 Å². The minimum Gasteiger partial charge on any atom is -0.293 e. The number of pyridine rings is 1. The molecular formula is C23H15FN2O. The number of hydrogen-bond acceptors (Lipinski definition) is 2. The molecule has 5 rings (SSSR count). The van der Waals surface area contributed by atoms with E-state index in [0.717, 1.165) is 27.5 Å². The third kappa shape index (κ3) is 2.34. The van der Waals surface area contributed by atoms with Crippen molar-refractivity contribution in [3.63, 3.8) is 0 Å². The van der Waals surface area contributed by atoms with Crippen molar-refractivity contribution in [2.24, 2.45) is 0 Å². The highest BCUT2D eigenvalue weighted by Gasteiger charge is 2.14. The summed E-state index contributed by atoms with van der Waals surface area (Å²) in [6.45, 7) is 1.75. The Hall–Kier alpha value is -3.53. The fourth-order valence-electron chi connectivity index (χ4n) is 3.65. The van der Waals surface area contributed by atoms with Gasteiger partial charge in [0.15, 0.2) is 0 Å². The number of fused-ring (bicyclic) bond motifs is 5. The van der Waals surface area contributed by atoms with Gasteiger partial charge in [0.1, 0.15) is 11.5 Å². The lowest BCUT2D eigenvalue weighted by Gasteiger charge is -2.15. The first kappa shape index (κ1) is 15.7. The molecule has 0 aliphatic heterocycles. The van der Waals surface area contributed by atoms with Crippen LogP contribution >= 0.6 is 0 Å². The van der Waals surface area contributed by atoms with Crippen LogP contribution in [0.5, 0.6) is 0 Å². The molecule has 4 heteroatoms. The molecule has 3 nitrogen and oxygen atoms in total. The highest BCUT2D eigenvalue weighted by atomic mass is 19.1. The number of para-hydroxylation sites is 1. The van der Waals surface area contributed by atoms with Gasteiger partial charge in [0.25, 0.3) is 5.56 Å². The second-order valence-corrected chi connectivity index (χ2v) is 6.67. The van der Waals surface area contributed by atoms with Gasteiger partial charge in [-0.3, -0.25) is 9.20 Å². The summed E-state index contributed by atoms with van der Waals surface area (Å²) in [5, 5.41) is 2.45. The third-order valence-corrected chi connectivity index (χ3v) is 4.98. The number of benzene rings is 3. The molecular weight excluding hydrogens is 339 g/mol. The van der Waals surface area contributed by atoms with E-state index in [-0.39, 0.29) is 11.4 Å². The lowest BCUT2D eigenvalue weighted by Crippen LogP contribution is -2.12. The Morgan fingerprint density at radius 2 is 1.63 bits per heavy atom. The van der Waals surface area contributed by atoms with E-state index in [9.17, 15) is 9.18 Å². The zero-order valence-corrected chi connectivity index (χ0v) is 14.6. The molecule has 0 saturated heterocycles. The molecule has 0 radical (unpaired) electrons. The highest BCUT2D eigenvalue weighted by Crippen LogP contribution is 2.30. The number of halogens is 1. The molecule has 0 aliphatic rings. The molecule has 0 aliphatic carbocycles. The molecule has 5 aromatic rings. The second-order valence-electron chi connectivity index (χ2n) is 6.67. The number of nitrogens with zero attached hydrogens (tertiary/aromatic N) is 2. The Balaban J connectivity index is 2.06. The van der Waals surface area contributed by atoms with Gasteiger partial charge in [-0.2, -0.15) is 4.98 Å². The van der Waals surface area contributed by atoms with E-state index in [1.54, 1.807) is 19.1 Å². The summed E-state index contributed by atoms with van der Waals surface area (Å²) in [6.07, 6.45) is 0. The van der Waals surface area contributed by atoms with Crippen LogP contribution in [0.4, 0.5) is 4.39 Å². The van der Waals surface area contributed by atoms with Crippen LogP contribution in [0, 0.1) is 12.7 Å². The fraction of sp³-hybridized carbons (Fsp3) is 0.0435. The largest absolute Gasteiger partial charge is 0.293 e. The molecule has 27 heavy (non-hydrogen) atoms. The monoisotopic (exact) mass is 354 g/mol. The van der Waals surface area contributed by atoms with Crippen LogP contribution in [0.15, 0.2) is 77.6 Å². The predicted molar refractivity (Wildman–Crippen MR) is 107 cm³/mol. The van der Waals surface area contributed by atoms with E-state index in [4.69, 9.17) is 0 Å². The zero-order chi connectivity index (χ0) is 18.5. The Bertz CT molecular complexity index is 1420. The fourth-order valence-corrected chi connectivity index (χ4v) is 3.65. The Labute approximate surface area is 154 Å². The SMILES string of the molecule is Cc1cc(-c2cc3ccccc3c3nc(=O)c4ccccc4n23)ccc1F. The van der Waals surface area contributed by atoms with Crippen LogP contribution in [0.2, 0.25) is 0 Å². The van der Waals surface area contributed by atoms with Crippen LogP contribution in [0.3, 0.4) is 0 Å². The molecule has 130 valence electrons. The van der Waals surface area contributed by atoms with Gasteiger partial charge in [-0.25, -0.2) is 4.39 Å². The summed E-state index contributed by atoms with van der Waals surface area (Å²) < 4.78 is 15.8. The maximum absolute atomic E-state index is 13.8. The van der Waals surface area contributed by atoms with E-state index in [1.165, 1.54) is 6.07 Å². The van der Waals surface area contributed by atoms with Gasteiger partial charge >= 0.3 is 0 Å². The third-order valence-electron chi connectivity index (χ3n) is 4.98. The summed E-state index contributed by atoms with van der Waals surface area (Å²) in [6, 6.07) is 22.4. The minimum atomic E-state index is -0.247. The van der Waals surface area contributed by atoms with E-state index < -0.39 is 0 Å². The van der Waals surface area contributed by atoms with Crippen LogP contribution in [-0.2, 0) is 0 Å². The van der Waals surface area contributed by atoms with Crippen molar-refractivity contribution in [3.8, 4) is 11.3 Å². The summed E-state index contributed by atoms with van der Waals surface area (Å²) in [5.74, 6) is -0.237. The van der Waals surface area contributed by atoms with Crippen molar-refractivity contribution in [1.29, 1.82) is 0 Å². The molecule has 0 amide bonds. The molecule has 0 N–H and O–H groups in total. The standard InChI is InChI=1S/C23H15FN2O/c1-14-12-16(10-11-19(14)24)21-13-15-6-2-3-7-17(15)22-25-23(27)18-8-4-5-9-20(18)26(21)22/h2-13H,1H3. The van der Waals surface area contributed by atoms with Crippen molar-refractivity contribution in [2.75, 3.05) is 0 Å². The lowest BCUT2D eigenvalue weighted by atomic mass is 10.0. The van der Waals surface area contributed by atoms with Crippen LogP contribution < -0.4 is 5.56 Å². The zero-order valence-electron chi connectivity index (χ0n) is 14.6. The Kier molecular flexibility index (Phi) is 3.34. The first-order chi connectivity index (χ1) is 13.1. The molecule has 2 heterocycles. The van der Waals surface area contributed by atoms with Crippen LogP contribution in [-0.4, -0.2) is 9.38 Å². The number of aromatic nitrogens is 2. The van der Waals surface area contributed by atoms with Crippen molar-refractivity contribution in [2.45, 2.75) is 6.92 Å². The predicted octanol–water partition coefficient (Wildman–Crippen LogP) is 5.12. The maximum Gasteiger partial charge on any atom is 0.281 e. The number of hydrogen-bond donors (Lipinski definition) is 0. The number of aryl methyl sites for hydroxylation is 1. The molecule has 0 fully saturated rings. The van der Waals surface area contributed by atoms with Gasteiger partial charge in [-0.15, -0.1) is 0 Å². The van der Waals surface area contributed by atoms with Gasteiger partial charge in [-0.1, -0.05) is 36.4 Å². The summed E-state index contributed by atoms with van der Waals surface area (Å²) in [5.41, 5.74) is 3.47. The summed E-state index contributed by atoms with van der Waals surface area (Å²) in [4.78, 5) is 17.0. The van der Waals surface area contributed by atoms with Gasteiger partial charge in [0, 0.05) is 5.39 Å². The normalized spacial score (nSPS) is 11.5. The average molecular weight is 354 g/mol. The smallest absolute Gasteiger partial charge is 0.281 e. The van der Waals surface area contributed by atoms with Crippen molar-refractivity contribution < 1.29 is 4.39 Å². The van der Waals surface area contributed by atoms with Crippen LogP contribution in [0.25, 0.3) is 38.6 Å². The topological polar surface area (TPSA) is 34.4 Å². The van der Waals surface area contributed by atoms with Crippen molar-refractivity contribution in [1.82, 2.24) is 9.38 Å². The Morgan fingerprint density at radius 1 is 0.889 bits per heavy atom. The minimum absolute atomic E-state index is 0.237. The molecule has 0 bridgehead atoms. The number of rotatable bonds is 1. The van der Waals surface area contributed by atoms with Crippen molar-refractivity contribution >= 4 is 27.3 Å². The lowest BCUT2D eigenvalue weighted by molar-refractivity contribution is 0.619. The molecule has 0 unspecified atom stereocenters. The van der Waals surface area contributed by atoms with Gasteiger partial charge < -0.3 is 0 Å². The highest BCUT2D eigenvalue weighted by molar-refractivity contribution is 5.99. The second kappa shape index (κ2) is 5.74. The van der Waals surface area contributed by atoms with Crippen LogP contribution in [0.1, 0.15) is 5.56 Å². The van der Waals surface area contributed by atoms with Gasteiger partial charge in [-0.05, 0) is 59.8 Å². The first-order valence-corrected chi connectivity index (χ1v) is 8.73. The maximum atomic E-state index is 13.8. The van der Waals surface area contributed by atoms with Gasteiger partial charge in [0.05, 0.1) is 16.6 Å². The molecule has 0 spiro atoms. The molecule has 2 aromatic heterocycles. The quantitative estimate of drug-likeness (QED) is 0.392. The molecule has 3 aromatic carbocycles.